The van der Waals surface area contributed by atoms with Gasteiger partial charge < -0.3 is 19.7 Å². The van der Waals surface area contributed by atoms with Gasteiger partial charge in [-0.05, 0) is 63.5 Å². The van der Waals surface area contributed by atoms with E-state index < -0.39 is 0 Å². The molecule has 0 aliphatic carbocycles. The first-order chi connectivity index (χ1) is 13.6. The van der Waals surface area contributed by atoms with Crippen LogP contribution in [0.1, 0.15) is 29.0 Å². The number of carbonyl (C=O) groups excluding carboxylic acids is 1. The summed E-state index contributed by atoms with van der Waals surface area (Å²) in [6, 6.07) is 7.47. The molecule has 0 bridgehead atoms. The molecule has 160 valence electrons. The van der Waals surface area contributed by atoms with Crippen LogP contribution in [0.25, 0.3) is 5.69 Å². The number of aromatic nitrogens is 3. The van der Waals surface area contributed by atoms with Crippen LogP contribution in [0.5, 0.6) is 5.75 Å². The zero-order chi connectivity index (χ0) is 19.9. The number of ether oxygens (including phenoxy) is 2. The topological polar surface area (TPSA) is 81.5 Å². The van der Waals surface area contributed by atoms with Crippen molar-refractivity contribution in [1.29, 1.82) is 0 Å². The molecule has 2 heterocycles. The van der Waals surface area contributed by atoms with E-state index in [4.69, 9.17) is 9.47 Å². The molecule has 3 rings (SSSR count). The summed E-state index contributed by atoms with van der Waals surface area (Å²) in [5, 5.41) is 12.1. The number of nitrogens with zero attached hydrogens (tertiary/aromatic N) is 4. The van der Waals surface area contributed by atoms with Crippen LogP contribution in [-0.4, -0.2) is 72.8 Å². The van der Waals surface area contributed by atoms with Crippen LogP contribution in [0, 0.1) is 12.8 Å². The van der Waals surface area contributed by atoms with Crippen molar-refractivity contribution in [3.8, 4) is 11.4 Å². The number of halogens is 1. The summed E-state index contributed by atoms with van der Waals surface area (Å²) in [5.41, 5.74) is 1.85. The molecule has 1 unspecified atom stereocenters. The van der Waals surface area contributed by atoms with Gasteiger partial charge in [-0.3, -0.25) is 4.79 Å². The lowest BCUT2D eigenvalue weighted by Gasteiger charge is -2.32. The first kappa shape index (κ1) is 23.1. The van der Waals surface area contributed by atoms with Crippen molar-refractivity contribution in [2.75, 3.05) is 47.0 Å². The number of aryl methyl sites for hydroxylation is 1. The van der Waals surface area contributed by atoms with Gasteiger partial charge in [-0.1, -0.05) is 0 Å². The average molecular weight is 424 g/mol. The Bertz CT molecular complexity index is 779. The van der Waals surface area contributed by atoms with Gasteiger partial charge in [0.15, 0.2) is 5.69 Å². The maximum atomic E-state index is 13.0. The summed E-state index contributed by atoms with van der Waals surface area (Å²) in [7, 11) is 3.59. The fraction of sp³-hybridized carbons (Fsp3) is 0.550. The summed E-state index contributed by atoms with van der Waals surface area (Å²) < 4.78 is 10.5. The monoisotopic (exact) mass is 423 g/mol. The summed E-state index contributed by atoms with van der Waals surface area (Å²) in [5.74, 6) is 1.21. The molecule has 1 amide bonds. The molecular formula is C20H30ClN5O3. The van der Waals surface area contributed by atoms with Gasteiger partial charge in [0.25, 0.3) is 5.91 Å². The molecule has 1 aliphatic heterocycles. The minimum Gasteiger partial charge on any atom is -0.491 e. The Labute approximate surface area is 178 Å². The van der Waals surface area contributed by atoms with Gasteiger partial charge in [0.2, 0.25) is 0 Å². The van der Waals surface area contributed by atoms with Crippen molar-refractivity contribution in [2.24, 2.45) is 5.92 Å². The van der Waals surface area contributed by atoms with Crippen molar-refractivity contribution < 1.29 is 14.3 Å². The number of amides is 1. The van der Waals surface area contributed by atoms with Crippen molar-refractivity contribution in [3.63, 3.8) is 0 Å². The van der Waals surface area contributed by atoms with E-state index >= 15 is 0 Å². The first-order valence-corrected chi connectivity index (χ1v) is 9.72. The summed E-state index contributed by atoms with van der Waals surface area (Å²) in [4.78, 5) is 16.4. The number of methoxy groups -OCH3 is 1. The standard InChI is InChI=1S/C20H29N5O3.ClH/c1-15-19(20(26)24-10-4-5-16(14-24)13-21-2)23-25(22-15)17-6-8-18(9-7-17)28-12-11-27-3;/h6-9,16,21H,4-5,10-14H2,1-3H3;1H. The van der Waals surface area contributed by atoms with Gasteiger partial charge in [0.1, 0.15) is 12.4 Å². The lowest BCUT2D eigenvalue weighted by molar-refractivity contribution is 0.0667. The number of piperidine rings is 1. The zero-order valence-corrected chi connectivity index (χ0v) is 18.1. The van der Waals surface area contributed by atoms with Crippen molar-refractivity contribution >= 4 is 18.3 Å². The van der Waals surface area contributed by atoms with Crippen LogP contribution < -0.4 is 10.1 Å². The third kappa shape index (κ3) is 5.91. The molecule has 1 aromatic heterocycles. The predicted molar refractivity (Wildman–Crippen MR) is 113 cm³/mol. The van der Waals surface area contributed by atoms with Gasteiger partial charge >= 0.3 is 0 Å². The molecular weight excluding hydrogens is 394 g/mol. The first-order valence-electron chi connectivity index (χ1n) is 9.72. The second kappa shape index (κ2) is 11.1. The zero-order valence-electron chi connectivity index (χ0n) is 17.3. The lowest BCUT2D eigenvalue weighted by Crippen LogP contribution is -2.42. The number of carbonyl (C=O) groups is 1. The Balaban J connectivity index is 0.00000300. The van der Waals surface area contributed by atoms with Crippen LogP contribution in [0.15, 0.2) is 24.3 Å². The van der Waals surface area contributed by atoms with E-state index in [1.165, 1.54) is 4.80 Å². The quantitative estimate of drug-likeness (QED) is 0.655. The highest BCUT2D eigenvalue weighted by Gasteiger charge is 2.27. The summed E-state index contributed by atoms with van der Waals surface area (Å²) in [6.45, 7) is 5.33. The molecule has 0 saturated carbocycles. The Morgan fingerprint density at radius 2 is 2.00 bits per heavy atom. The fourth-order valence-corrected chi connectivity index (χ4v) is 3.47. The highest BCUT2D eigenvalue weighted by Crippen LogP contribution is 2.20. The molecule has 1 N–H and O–H groups in total. The number of benzene rings is 1. The lowest BCUT2D eigenvalue weighted by atomic mass is 9.98. The molecule has 1 fully saturated rings. The van der Waals surface area contributed by atoms with E-state index in [1.807, 2.05) is 43.1 Å². The van der Waals surface area contributed by atoms with Crippen LogP contribution in [0.3, 0.4) is 0 Å². The second-order valence-electron chi connectivity index (χ2n) is 7.08. The molecule has 1 atom stereocenters. The Morgan fingerprint density at radius 1 is 1.24 bits per heavy atom. The minimum absolute atomic E-state index is 0. The van der Waals surface area contributed by atoms with E-state index in [0.29, 0.717) is 30.5 Å². The maximum Gasteiger partial charge on any atom is 0.276 e. The molecule has 29 heavy (non-hydrogen) atoms. The third-order valence-corrected chi connectivity index (χ3v) is 4.91. The molecule has 0 radical (unpaired) electrons. The Kier molecular flexibility index (Phi) is 8.88. The minimum atomic E-state index is -0.0379. The molecule has 2 aromatic rings. The van der Waals surface area contributed by atoms with Crippen LogP contribution in [0.2, 0.25) is 0 Å². The Morgan fingerprint density at radius 3 is 2.69 bits per heavy atom. The number of likely N-dealkylation sites (tertiary alicyclic amines) is 1. The van der Waals surface area contributed by atoms with E-state index in [9.17, 15) is 4.79 Å². The van der Waals surface area contributed by atoms with Gasteiger partial charge in [-0.2, -0.15) is 9.90 Å². The Hall–Kier alpha value is -2.16. The molecule has 1 saturated heterocycles. The van der Waals surface area contributed by atoms with Crippen molar-refractivity contribution in [1.82, 2.24) is 25.2 Å². The predicted octanol–water partition coefficient (Wildman–Crippen LogP) is 2.09. The normalized spacial score (nSPS) is 16.4. The molecule has 9 heteroatoms. The summed E-state index contributed by atoms with van der Waals surface area (Å²) >= 11 is 0. The molecule has 1 aliphatic rings. The highest BCUT2D eigenvalue weighted by atomic mass is 35.5. The van der Waals surface area contributed by atoms with E-state index in [0.717, 1.165) is 43.9 Å². The van der Waals surface area contributed by atoms with Crippen LogP contribution >= 0.6 is 12.4 Å². The number of hydrogen-bond acceptors (Lipinski definition) is 6. The smallest absolute Gasteiger partial charge is 0.276 e. The van der Waals surface area contributed by atoms with E-state index in [-0.39, 0.29) is 18.3 Å². The largest absolute Gasteiger partial charge is 0.491 e. The molecule has 0 spiro atoms. The van der Waals surface area contributed by atoms with Crippen molar-refractivity contribution in [3.05, 3.63) is 35.7 Å². The SMILES string of the molecule is CNCC1CCCN(C(=O)c2nn(-c3ccc(OCCOC)cc3)nc2C)C1.Cl. The second-order valence-corrected chi connectivity index (χ2v) is 7.08. The molecule has 8 nitrogen and oxygen atoms in total. The number of nitrogens with one attached hydrogen (secondary N) is 1. The molecule has 1 aromatic carbocycles. The van der Waals surface area contributed by atoms with Gasteiger partial charge in [0.05, 0.1) is 18.0 Å². The number of rotatable bonds is 8. The van der Waals surface area contributed by atoms with E-state index in [1.54, 1.807) is 7.11 Å². The van der Waals surface area contributed by atoms with Crippen LogP contribution in [-0.2, 0) is 4.74 Å². The van der Waals surface area contributed by atoms with Gasteiger partial charge in [0, 0.05) is 20.2 Å². The van der Waals surface area contributed by atoms with Gasteiger partial charge in [-0.15, -0.1) is 17.5 Å². The third-order valence-electron chi connectivity index (χ3n) is 4.91. The van der Waals surface area contributed by atoms with Crippen molar-refractivity contribution in [2.45, 2.75) is 19.8 Å². The fourth-order valence-electron chi connectivity index (χ4n) is 3.47. The maximum absolute atomic E-state index is 13.0. The highest BCUT2D eigenvalue weighted by molar-refractivity contribution is 5.93. The van der Waals surface area contributed by atoms with Crippen LogP contribution in [0.4, 0.5) is 0 Å². The average Bonchev–Trinajstić information content (AvgIpc) is 3.10. The number of hydrogen-bond donors (Lipinski definition) is 1. The van der Waals surface area contributed by atoms with E-state index in [2.05, 4.69) is 15.5 Å². The van der Waals surface area contributed by atoms with Gasteiger partial charge in [-0.25, -0.2) is 0 Å². The summed E-state index contributed by atoms with van der Waals surface area (Å²) in [6.07, 6.45) is 2.17.